The Balaban J connectivity index is 1.76. The fraction of sp³-hybridized carbons (Fsp3) is 0.357. The average molecular weight is 310 g/mol. The van der Waals surface area contributed by atoms with E-state index in [1.807, 2.05) is 42.6 Å². The predicted molar refractivity (Wildman–Crippen MR) is 82.2 cm³/mol. The molecule has 0 amide bonds. The molecule has 1 N–H and O–H groups in total. The average Bonchev–Trinajstić information content (AvgIpc) is 2.84. The Bertz CT molecular complexity index is 636. The molecule has 108 valence electrons. The van der Waals surface area contributed by atoms with Crippen LogP contribution < -0.4 is 4.72 Å². The van der Waals surface area contributed by atoms with Crippen molar-refractivity contribution in [1.82, 2.24) is 9.71 Å². The van der Waals surface area contributed by atoms with Gasteiger partial charge in [0, 0.05) is 11.1 Å². The topological polar surface area (TPSA) is 59.1 Å². The molecule has 2 rings (SSSR count). The molecule has 0 saturated carbocycles. The highest BCUT2D eigenvalue weighted by atomic mass is 32.2. The van der Waals surface area contributed by atoms with Gasteiger partial charge in [-0.15, -0.1) is 11.3 Å². The highest BCUT2D eigenvalue weighted by Gasteiger charge is 2.10. The lowest BCUT2D eigenvalue weighted by Crippen LogP contribution is -2.26. The number of aryl methyl sites for hydroxylation is 2. The van der Waals surface area contributed by atoms with Crippen molar-refractivity contribution >= 4 is 21.4 Å². The smallest absolute Gasteiger partial charge is 0.211 e. The summed E-state index contributed by atoms with van der Waals surface area (Å²) in [5.74, 6) is 0.145. The highest BCUT2D eigenvalue weighted by Crippen LogP contribution is 2.09. The summed E-state index contributed by atoms with van der Waals surface area (Å²) in [5.41, 5.74) is 2.09. The Morgan fingerprint density at radius 2 is 2.00 bits per heavy atom. The van der Waals surface area contributed by atoms with Crippen LogP contribution in [-0.4, -0.2) is 19.2 Å². The molecule has 0 aliphatic heterocycles. The monoisotopic (exact) mass is 310 g/mol. The van der Waals surface area contributed by atoms with Crippen LogP contribution in [0.25, 0.3) is 0 Å². The molecule has 0 aliphatic carbocycles. The molecule has 0 bridgehead atoms. The van der Waals surface area contributed by atoms with Crippen LogP contribution in [0.4, 0.5) is 0 Å². The molecule has 6 heteroatoms. The molecular formula is C14H18N2O2S2. The summed E-state index contributed by atoms with van der Waals surface area (Å²) < 4.78 is 26.3. The number of aromatic nitrogens is 1. The largest absolute Gasteiger partial charge is 0.245 e. The van der Waals surface area contributed by atoms with E-state index in [4.69, 9.17) is 0 Å². The van der Waals surface area contributed by atoms with Crippen molar-refractivity contribution < 1.29 is 8.42 Å². The Morgan fingerprint density at radius 3 is 2.65 bits per heavy atom. The van der Waals surface area contributed by atoms with Gasteiger partial charge in [0.05, 0.1) is 12.3 Å². The summed E-state index contributed by atoms with van der Waals surface area (Å²) in [4.78, 5) is 4.23. The first-order chi connectivity index (χ1) is 9.55. The summed E-state index contributed by atoms with van der Waals surface area (Å²) in [5, 5.41) is 2.72. The third kappa shape index (κ3) is 5.03. The van der Waals surface area contributed by atoms with Crippen molar-refractivity contribution in [2.45, 2.75) is 26.3 Å². The molecule has 0 unspecified atom stereocenters. The first-order valence-corrected chi connectivity index (χ1v) is 9.01. The van der Waals surface area contributed by atoms with Crippen LogP contribution in [0.15, 0.2) is 35.7 Å². The van der Waals surface area contributed by atoms with E-state index in [0.29, 0.717) is 6.42 Å². The zero-order valence-electron chi connectivity index (χ0n) is 11.4. The molecule has 1 aromatic heterocycles. The van der Waals surface area contributed by atoms with E-state index < -0.39 is 10.0 Å². The lowest BCUT2D eigenvalue weighted by atomic mass is 10.1. The highest BCUT2D eigenvalue weighted by molar-refractivity contribution is 7.89. The van der Waals surface area contributed by atoms with Crippen molar-refractivity contribution in [2.24, 2.45) is 0 Å². The minimum Gasteiger partial charge on any atom is -0.245 e. The number of thiazole rings is 1. The molecule has 0 aliphatic rings. The van der Waals surface area contributed by atoms with Gasteiger partial charge in [0.1, 0.15) is 5.01 Å². The van der Waals surface area contributed by atoms with Gasteiger partial charge in [-0.3, -0.25) is 0 Å². The van der Waals surface area contributed by atoms with Gasteiger partial charge in [-0.1, -0.05) is 30.3 Å². The van der Waals surface area contributed by atoms with Gasteiger partial charge in [-0.25, -0.2) is 18.1 Å². The summed E-state index contributed by atoms with van der Waals surface area (Å²) in [6, 6.07) is 9.91. The van der Waals surface area contributed by atoms with E-state index >= 15 is 0 Å². The molecule has 4 nitrogen and oxygen atoms in total. The maximum Gasteiger partial charge on any atom is 0.211 e. The van der Waals surface area contributed by atoms with Crippen molar-refractivity contribution in [2.75, 3.05) is 5.75 Å². The van der Waals surface area contributed by atoms with Crippen molar-refractivity contribution in [3.63, 3.8) is 0 Å². The van der Waals surface area contributed by atoms with Crippen molar-refractivity contribution in [3.05, 3.63) is 52.0 Å². The van der Waals surface area contributed by atoms with E-state index in [2.05, 4.69) is 9.71 Å². The number of hydrogen-bond donors (Lipinski definition) is 1. The van der Waals surface area contributed by atoms with Crippen LogP contribution in [0.1, 0.15) is 22.7 Å². The molecule has 0 atom stereocenters. The van der Waals surface area contributed by atoms with Crippen LogP contribution in [0.5, 0.6) is 0 Å². The van der Waals surface area contributed by atoms with E-state index in [9.17, 15) is 8.42 Å². The number of nitrogens with zero attached hydrogens (tertiary/aromatic N) is 1. The maximum absolute atomic E-state index is 11.9. The van der Waals surface area contributed by atoms with Crippen LogP contribution in [0.3, 0.4) is 0 Å². The fourth-order valence-electron chi connectivity index (χ4n) is 1.84. The molecule has 20 heavy (non-hydrogen) atoms. The molecule has 0 saturated heterocycles. The van der Waals surface area contributed by atoms with E-state index in [0.717, 1.165) is 17.1 Å². The molecular weight excluding hydrogens is 292 g/mol. The zero-order chi connectivity index (χ0) is 14.4. The minimum absolute atomic E-state index is 0.145. The molecule has 0 spiro atoms. The van der Waals surface area contributed by atoms with Gasteiger partial charge in [-0.05, 0) is 25.3 Å². The number of benzene rings is 1. The van der Waals surface area contributed by atoms with E-state index in [1.165, 1.54) is 16.9 Å². The zero-order valence-corrected chi connectivity index (χ0v) is 13.0. The maximum atomic E-state index is 11.9. The minimum atomic E-state index is -3.22. The van der Waals surface area contributed by atoms with Crippen LogP contribution in [0.2, 0.25) is 0 Å². The first-order valence-electron chi connectivity index (χ1n) is 6.47. The van der Waals surface area contributed by atoms with E-state index in [-0.39, 0.29) is 12.3 Å². The van der Waals surface area contributed by atoms with Crippen molar-refractivity contribution in [1.29, 1.82) is 0 Å². The second-order valence-electron chi connectivity index (χ2n) is 4.61. The Kier molecular flexibility index (Phi) is 5.28. The molecule has 1 heterocycles. The summed E-state index contributed by atoms with van der Waals surface area (Å²) in [6.07, 6.45) is 1.40. The van der Waals surface area contributed by atoms with Gasteiger partial charge in [0.15, 0.2) is 0 Å². The molecule has 0 fully saturated rings. The third-order valence-corrected chi connectivity index (χ3v) is 5.21. The fourth-order valence-corrected chi connectivity index (χ4v) is 3.67. The van der Waals surface area contributed by atoms with Gasteiger partial charge >= 0.3 is 0 Å². The summed E-state index contributed by atoms with van der Waals surface area (Å²) >= 11 is 1.47. The summed E-state index contributed by atoms with van der Waals surface area (Å²) in [7, 11) is -3.22. The predicted octanol–water partition coefficient (Wildman–Crippen LogP) is 2.50. The molecule has 2 aromatic rings. The normalized spacial score (nSPS) is 11.7. The number of hydrogen-bond acceptors (Lipinski definition) is 4. The van der Waals surface area contributed by atoms with Gasteiger partial charge in [-0.2, -0.15) is 0 Å². The van der Waals surface area contributed by atoms with Crippen LogP contribution >= 0.6 is 11.3 Å². The second-order valence-corrected chi connectivity index (χ2v) is 7.48. The van der Waals surface area contributed by atoms with Crippen LogP contribution in [-0.2, 0) is 23.0 Å². The van der Waals surface area contributed by atoms with Gasteiger partial charge < -0.3 is 0 Å². The van der Waals surface area contributed by atoms with Gasteiger partial charge in [0.25, 0.3) is 0 Å². The first kappa shape index (κ1) is 15.2. The molecule has 1 aromatic carbocycles. The van der Waals surface area contributed by atoms with Crippen molar-refractivity contribution in [3.8, 4) is 0 Å². The number of sulfonamides is 1. The quantitative estimate of drug-likeness (QED) is 0.855. The third-order valence-electron chi connectivity index (χ3n) is 2.83. The number of nitrogens with one attached hydrogen (secondary N) is 1. The van der Waals surface area contributed by atoms with Gasteiger partial charge in [0.2, 0.25) is 10.0 Å². The standard InChI is InChI=1S/C14H18N2O2S2/c1-12-11-19-14(16-12)10-15-20(17,18)9-5-8-13-6-3-2-4-7-13/h2-4,6-7,11,15H,5,8-10H2,1H3. The Hall–Kier alpha value is -1.24. The molecule has 0 radical (unpaired) electrons. The number of rotatable bonds is 7. The SMILES string of the molecule is Cc1csc(CNS(=O)(=O)CCCc2ccccc2)n1. The Morgan fingerprint density at radius 1 is 1.25 bits per heavy atom. The Labute approximate surface area is 123 Å². The summed E-state index contributed by atoms with van der Waals surface area (Å²) in [6.45, 7) is 2.18. The lowest BCUT2D eigenvalue weighted by molar-refractivity contribution is 0.578. The van der Waals surface area contributed by atoms with Crippen LogP contribution in [0, 0.1) is 6.92 Å². The van der Waals surface area contributed by atoms with E-state index in [1.54, 1.807) is 0 Å². The lowest BCUT2D eigenvalue weighted by Gasteiger charge is -2.05. The second kappa shape index (κ2) is 6.97.